The molecule has 0 radical (unpaired) electrons. The highest BCUT2D eigenvalue weighted by atomic mass is 35.5. The normalized spacial score (nSPS) is 14.0. The molecular weight excluding hydrogens is 371 g/mol. The van der Waals surface area contributed by atoms with Crippen molar-refractivity contribution in [3.8, 4) is 0 Å². The number of fused-ring (bicyclic) bond motifs is 1. The van der Waals surface area contributed by atoms with Crippen LogP contribution in [0.5, 0.6) is 0 Å². The van der Waals surface area contributed by atoms with Crippen molar-refractivity contribution in [1.82, 2.24) is 9.47 Å². The van der Waals surface area contributed by atoms with Crippen molar-refractivity contribution >= 4 is 51.7 Å². The molecule has 0 fully saturated rings. The topological polar surface area (TPSA) is 49.6 Å². The summed E-state index contributed by atoms with van der Waals surface area (Å²) in [6.07, 6.45) is 0. The van der Waals surface area contributed by atoms with Gasteiger partial charge < -0.3 is 9.88 Å². The van der Waals surface area contributed by atoms with Crippen molar-refractivity contribution in [2.24, 2.45) is 12.0 Å². The number of carbonyl (C=O) groups is 1. The van der Waals surface area contributed by atoms with Gasteiger partial charge in [-0.1, -0.05) is 47.5 Å². The largest absolute Gasteiger partial charge is 0.340 e. The number of guanidine groups is 1. The average molecular weight is 387 g/mol. The Morgan fingerprint density at radius 3 is 2.58 bits per heavy atom. The maximum Gasteiger partial charge on any atom is 0.277 e. The van der Waals surface area contributed by atoms with Gasteiger partial charge in [-0.15, -0.1) is 0 Å². The van der Waals surface area contributed by atoms with Crippen LogP contribution in [0, 0.1) is 0 Å². The van der Waals surface area contributed by atoms with E-state index in [2.05, 4.69) is 10.3 Å². The maximum atomic E-state index is 13.1. The lowest BCUT2D eigenvalue weighted by Gasteiger charge is -2.20. The minimum Gasteiger partial charge on any atom is -0.340 e. The van der Waals surface area contributed by atoms with Gasteiger partial charge in [0.25, 0.3) is 5.91 Å². The lowest BCUT2D eigenvalue weighted by molar-refractivity contribution is 0.0849. The Morgan fingerprint density at radius 1 is 1.12 bits per heavy atom. The van der Waals surface area contributed by atoms with E-state index in [-0.39, 0.29) is 5.91 Å². The molecule has 1 aromatic heterocycles. The van der Waals surface area contributed by atoms with Gasteiger partial charge in [-0.2, -0.15) is 0 Å². The van der Waals surface area contributed by atoms with Crippen LogP contribution >= 0.6 is 23.2 Å². The first-order valence-corrected chi connectivity index (χ1v) is 8.93. The zero-order valence-corrected chi connectivity index (χ0v) is 15.6. The predicted molar refractivity (Wildman–Crippen MR) is 106 cm³/mol. The van der Waals surface area contributed by atoms with Crippen LogP contribution in [-0.4, -0.2) is 34.4 Å². The molecule has 26 heavy (non-hydrogen) atoms. The number of aryl methyl sites for hydroxylation is 1. The molecule has 1 amide bonds. The Morgan fingerprint density at radius 2 is 1.85 bits per heavy atom. The number of rotatable bonds is 2. The molecule has 0 atom stereocenters. The van der Waals surface area contributed by atoms with Crippen LogP contribution in [0.2, 0.25) is 10.0 Å². The smallest absolute Gasteiger partial charge is 0.277 e. The van der Waals surface area contributed by atoms with Crippen LogP contribution in [0.4, 0.5) is 5.69 Å². The number of para-hydroxylation sites is 2. The van der Waals surface area contributed by atoms with Crippen LogP contribution in [0.1, 0.15) is 10.5 Å². The van der Waals surface area contributed by atoms with Crippen molar-refractivity contribution in [3.05, 3.63) is 64.3 Å². The Balaban J connectivity index is 1.65. The van der Waals surface area contributed by atoms with E-state index < -0.39 is 0 Å². The van der Waals surface area contributed by atoms with Gasteiger partial charge in [-0.25, -0.2) is 0 Å². The highest BCUT2D eigenvalue weighted by Crippen LogP contribution is 2.30. The molecular formula is C19H16Cl2N4O. The fourth-order valence-corrected chi connectivity index (χ4v) is 3.61. The third-order valence-electron chi connectivity index (χ3n) is 4.46. The fraction of sp³-hybridized carbons (Fsp3) is 0.158. The molecule has 2 heterocycles. The highest BCUT2D eigenvalue weighted by molar-refractivity contribution is 6.40. The minimum atomic E-state index is -0.115. The van der Waals surface area contributed by atoms with E-state index in [0.29, 0.717) is 40.5 Å². The Bertz CT molecular complexity index is 1020. The second-order valence-corrected chi connectivity index (χ2v) is 6.85. The Labute approximate surface area is 160 Å². The molecule has 0 saturated heterocycles. The number of amides is 1. The molecule has 1 aliphatic heterocycles. The summed E-state index contributed by atoms with van der Waals surface area (Å²) in [5.41, 5.74) is 2.16. The third kappa shape index (κ3) is 2.83. The van der Waals surface area contributed by atoms with Gasteiger partial charge >= 0.3 is 0 Å². The molecule has 1 aliphatic rings. The summed E-state index contributed by atoms with van der Waals surface area (Å²) < 4.78 is 1.90. The number of nitrogens with one attached hydrogen (secondary N) is 1. The van der Waals surface area contributed by atoms with Crippen LogP contribution in [0.3, 0.4) is 0 Å². The Hall–Kier alpha value is -2.50. The summed E-state index contributed by atoms with van der Waals surface area (Å²) in [5, 5.41) is 5.09. The van der Waals surface area contributed by atoms with Gasteiger partial charge in [0.2, 0.25) is 5.96 Å². The summed E-state index contributed by atoms with van der Waals surface area (Å²) in [7, 11) is 1.89. The molecule has 1 N–H and O–H groups in total. The quantitative estimate of drug-likeness (QED) is 0.708. The molecule has 7 heteroatoms. The second kappa shape index (κ2) is 6.67. The van der Waals surface area contributed by atoms with E-state index in [0.717, 1.165) is 10.9 Å². The molecule has 3 aromatic rings. The molecule has 0 spiro atoms. The summed E-state index contributed by atoms with van der Waals surface area (Å²) in [6.45, 7) is 1.03. The van der Waals surface area contributed by atoms with Crippen LogP contribution in [0.15, 0.2) is 53.5 Å². The van der Waals surface area contributed by atoms with E-state index in [1.807, 2.05) is 41.9 Å². The van der Waals surface area contributed by atoms with Gasteiger partial charge in [-0.3, -0.25) is 14.7 Å². The van der Waals surface area contributed by atoms with Gasteiger partial charge in [0.1, 0.15) is 5.69 Å². The summed E-state index contributed by atoms with van der Waals surface area (Å²) in [4.78, 5) is 19.2. The van der Waals surface area contributed by atoms with Crippen LogP contribution in [0.25, 0.3) is 10.9 Å². The fourth-order valence-electron chi connectivity index (χ4n) is 3.11. The van der Waals surface area contributed by atoms with E-state index in [1.54, 1.807) is 23.1 Å². The van der Waals surface area contributed by atoms with Gasteiger partial charge in [0.05, 0.1) is 22.3 Å². The zero-order valence-electron chi connectivity index (χ0n) is 14.0. The van der Waals surface area contributed by atoms with E-state index >= 15 is 0 Å². The first-order valence-electron chi connectivity index (χ1n) is 8.18. The lowest BCUT2D eigenvalue weighted by Crippen LogP contribution is -2.39. The first-order chi connectivity index (χ1) is 12.6. The number of carbonyl (C=O) groups excluding carboxylic acids is 1. The van der Waals surface area contributed by atoms with Crippen LogP contribution < -0.4 is 5.32 Å². The SMILES string of the molecule is Cn1c(C(=O)N2CCN=C2Nc2c(Cl)cccc2Cl)cc2ccccc21. The highest BCUT2D eigenvalue weighted by Gasteiger charge is 2.28. The summed E-state index contributed by atoms with van der Waals surface area (Å²) >= 11 is 12.4. The molecule has 2 aromatic carbocycles. The summed E-state index contributed by atoms with van der Waals surface area (Å²) in [5.74, 6) is 0.339. The minimum absolute atomic E-state index is 0.115. The second-order valence-electron chi connectivity index (χ2n) is 6.03. The number of hydrogen-bond acceptors (Lipinski definition) is 3. The number of halogens is 2. The number of nitrogens with zero attached hydrogens (tertiary/aromatic N) is 3. The molecule has 132 valence electrons. The number of aromatic nitrogens is 1. The molecule has 0 unspecified atom stereocenters. The predicted octanol–water partition coefficient (Wildman–Crippen LogP) is 4.41. The van der Waals surface area contributed by atoms with E-state index in [9.17, 15) is 4.79 Å². The summed E-state index contributed by atoms with van der Waals surface area (Å²) in [6, 6.07) is 15.0. The van der Waals surface area contributed by atoms with Crippen molar-refractivity contribution in [3.63, 3.8) is 0 Å². The molecule has 0 saturated carbocycles. The molecule has 0 aliphatic carbocycles. The number of hydrogen-bond donors (Lipinski definition) is 1. The van der Waals surface area contributed by atoms with E-state index in [4.69, 9.17) is 23.2 Å². The monoisotopic (exact) mass is 386 g/mol. The standard InChI is InChI=1S/C19H16Cl2N4O/c1-24-15-8-3-2-5-12(15)11-16(24)18(26)25-10-9-22-19(25)23-17-13(20)6-4-7-14(17)21/h2-8,11H,9-10H2,1H3,(H,22,23). The third-order valence-corrected chi connectivity index (χ3v) is 5.09. The van der Waals surface area contributed by atoms with Crippen LogP contribution in [-0.2, 0) is 7.05 Å². The van der Waals surface area contributed by atoms with Gasteiger partial charge in [-0.05, 0) is 24.3 Å². The van der Waals surface area contributed by atoms with Gasteiger partial charge in [0, 0.05) is 24.5 Å². The van der Waals surface area contributed by atoms with Crippen molar-refractivity contribution in [2.45, 2.75) is 0 Å². The molecule has 0 bridgehead atoms. The maximum absolute atomic E-state index is 13.1. The van der Waals surface area contributed by atoms with Gasteiger partial charge in [0.15, 0.2) is 0 Å². The van der Waals surface area contributed by atoms with Crippen molar-refractivity contribution in [1.29, 1.82) is 0 Å². The molecule has 5 nitrogen and oxygen atoms in total. The Kier molecular flexibility index (Phi) is 4.34. The molecule has 4 rings (SSSR count). The van der Waals surface area contributed by atoms with E-state index in [1.165, 1.54) is 0 Å². The first kappa shape index (κ1) is 16.9. The average Bonchev–Trinajstić information content (AvgIpc) is 3.23. The number of aliphatic imine (C=N–C) groups is 1. The van der Waals surface area contributed by atoms with Crippen molar-refractivity contribution < 1.29 is 4.79 Å². The number of anilines is 1. The zero-order chi connectivity index (χ0) is 18.3. The van der Waals surface area contributed by atoms with Crippen molar-refractivity contribution in [2.75, 3.05) is 18.4 Å². The number of benzene rings is 2. The lowest BCUT2D eigenvalue weighted by atomic mass is 10.2.